The Labute approximate surface area is 125 Å². The zero-order valence-electron chi connectivity index (χ0n) is 12.2. The van der Waals surface area contributed by atoms with E-state index in [1.807, 2.05) is 25.1 Å². The summed E-state index contributed by atoms with van der Waals surface area (Å²) >= 11 is 0. The van der Waals surface area contributed by atoms with Gasteiger partial charge in [-0.05, 0) is 43.0 Å². The summed E-state index contributed by atoms with van der Waals surface area (Å²) in [5.74, 6) is -0.376. The lowest BCUT2D eigenvalue weighted by Gasteiger charge is -2.14. The van der Waals surface area contributed by atoms with Crippen LogP contribution in [0.4, 0.5) is 4.39 Å². The average Bonchev–Trinajstić information content (AvgIpc) is 2.46. The van der Waals surface area contributed by atoms with Gasteiger partial charge < -0.3 is 5.32 Å². The Morgan fingerprint density at radius 3 is 2.52 bits per heavy atom. The van der Waals surface area contributed by atoms with Crippen LogP contribution in [0.2, 0.25) is 0 Å². The molecule has 0 fully saturated rings. The maximum atomic E-state index is 13.1. The summed E-state index contributed by atoms with van der Waals surface area (Å²) in [6, 6.07) is 16.5. The summed E-state index contributed by atoms with van der Waals surface area (Å²) in [6.07, 6.45) is 2.04. The minimum atomic E-state index is -0.308. The van der Waals surface area contributed by atoms with Crippen LogP contribution in [0.5, 0.6) is 0 Å². The van der Waals surface area contributed by atoms with Crippen molar-refractivity contribution < 1.29 is 9.18 Å². The number of carbonyl (C=O) groups excluding carboxylic acids is 1. The number of carbonyl (C=O) groups is 1. The third-order valence-electron chi connectivity index (χ3n) is 3.37. The van der Waals surface area contributed by atoms with Crippen LogP contribution in [0.1, 0.15) is 24.5 Å². The van der Waals surface area contributed by atoms with Crippen LogP contribution >= 0.6 is 0 Å². The van der Waals surface area contributed by atoms with Gasteiger partial charge in [0.25, 0.3) is 0 Å². The lowest BCUT2D eigenvalue weighted by atomic mass is 10.1. The molecule has 2 nitrogen and oxygen atoms in total. The Balaban J connectivity index is 1.77. The largest absolute Gasteiger partial charge is 0.353 e. The second-order valence-electron chi connectivity index (χ2n) is 5.30. The first-order chi connectivity index (χ1) is 10.1. The van der Waals surface area contributed by atoms with Gasteiger partial charge >= 0.3 is 0 Å². The fraction of sp³-hybridized carbons (Fsp3) is 0.278. The van der Waals surface area contributed by atoms with Crippen molar-refractivity contribution in [3.05, 3.63) is 71.5 Å². The fourth-order valence-corrected chi connectivity index (χ4v) is 2.26. The number of rotatable bonds is 6. The first kappa shape index (κ1) is 15.2. The number of nitrogens with one attached hydrogen (secondary N) is 1. The Hall–Kier alpha value is -2.16. The molecule has 1 N–H and O–H groups in total. The molecule has 0 aliphatic heterocycles. The van der Waals surface area contributed by atoms with Crippen molar-refractivity contribution in [1.29, 1.82) is 0 Å². The number of amides is 1. The molecule has 0 saturated carbocycles. The van der Waals surface area contributed by atoms with E-state index in [0.717, 1.165) is 12.8 Å². The number of hydrogen-bond donors (Lipinski definition) is 1. The van der Waals surface area contributed by atoms with Crippen molar-refractivity contribution >= 4 is 5.91 Å². The SMILES string of the molecule is C[C@H](CCc1ccccc1)NC(=O)Cc1cccc(F)c1. The third-order valence-corrected chi connectivity index (χ3v) is 3.37. The maximum Gasteiger partial charge on any atom is 0.224 e. The summed E-state index contributed by atoms with van der Waals surface area (Å²) in [6.45, 7) is 1.99. The highest BCUT2D eigenvalue weighted by molar-refractivity contribution is 5.78. The molecular formula is C18H20FNO. The minimum absolute atomic E-state index is 0.0684. The second kappa shape index (κ2) is 7.58. The standard InChI is InChI=1S/C18H20FNO/c1-14(10-11-15-6-3-2-4-7-15)20-18(21)13-16-8-5-9-17(19)12-16/h2-9,12,14H,10-11,13H2,1H3,(H,20,21)/t14-/m1/s1. The van der Waals surface area contributed by atoms with Crippen LogP contribution < -0.4 is 5.32 Å². The van der Waals surface area contributed by atoms with Crippen LogP contribution in [-0.2, 0) is 17.6 Å². The lowest BCUT2D eigenvalue weighted by Crippen LogP contribution is -2.34. The summed E-state index contributed by atoms with van der Waals surface area (Å²) in [4.78, 5) is 11.9. The summed E-state index contributed by atoms with van der Waals surface area (Å²) in [5.41, 5.74) is 1.96. The molecule has 3 heteroatoms. The van der Waals surface area contributed by atoms with E-state index in [1.165, 1.54) is 17.7 Å². The molecule has 110 valence electrons. The zero-order valence-corrected chi connectivity index (χ0v) is 12.2. The van der Waals surface area contributed by atoms with Crippen LogP contribution in [-0.4, -0.2) is 11.9 Å². The van der Waals surface area contributed by atoms with Gasteiger partial charge in [-0.25, -0.2) is 4.39 Å². The molecule has 2 aromatic carbocycles. The van der Waals surface area contributed by atoms with E-state index in [-0.39, 0.29) is 24.2 Å². The van der Waals surface area contributed by atoms with E-state index in [2.05, 4.69) is 17.4 Å². The van der Waals surface area contributed by atoms with Gasteiger partial charge in [0.1, 0.15) is 5.82 Å². The second-order valence-corrected chi connectivity index (χ2v) is 5.30. The van der Waals surface area contributed by atoms with Crippen LogP contribution in [0.25, 0.3) is 0 Å². The number of hydrogen-bond acceptors (Lipinski definition) is 1. The lowest BCUT2D eigenvalue weighted by molar-refractivity contribution is -0.121. The van der Waals surface area contributed by atoms with Gasteiger partial charge in [0.05, 0.1) is 6.42 Å². The number of aryl methyl sites for hydroxylation is 1. The summed E-state index contributed by atoms with van der Waals surface area (Å²) < 4.78 is 13.1. The highest BCUT2D eigenvalue weighted by Gasteiger charge is 2.08. The minimum Gasteiger partial charge on any atom is -0.353 e. The van der Waals surface area contributed by atoms with E-state index < -0.39 is 0 Å². The molecule has 21 heavy (non-hydrogen) atoms. The van der Waals surface area contributed by atoms with E-state index in [1.54, 1.807) is 12.1 Å². The van der Waals surface area contributed by atoms with Crippen molar-refractivity contribution in [3.8, 4) is 0 Å². The average molecular weight is 285 g/mol. The predicted molar refractivity (Wildman–Crippen MR) is 82.5 cm³/mol. The van der Waals surface area contributed by atoms with Crippen LogP contribution in [0.3, 0.4) is 0 Å². The molecule has 0 aliphatic carbocycles. The molecule has 1 amide bonds. The van der Waals surface area contributed by atoms with Crippen molar-refractivity contribution in [3.63, 3.8) is 0 Å². The molecule has 2 rings (SSSR count). The first-order valence-corrected chi connectivity index (χ1v) is 7.21. The van der Waals surface area contributed by atoms with Gasteiger partial charge in [-0.15, -0.1) is 0 Å². The summed E-state index contributed by atoms with van der Waals surface area (Å²) in [7, 11) is 0. The van der Waals surface area contributed by atoms with Gasteiger partial charge in [0.15, 0.2) is 0 Å². The molecule has 0 aliphatic rings. The van der Waals surface area contributed by atoms with E-state index in [9.17, 15) is 9.18 Å². The maximum absolute atomic E-state index is 13.1. The molecule has 0 aromatic heterocycles. The molecule has 0 heterocycles. The van der Waals surface area contributed by atoms with Crippen LogP contribution in [0, 0.1) is 5.82 Å². The highest BCUT2D eigenvalue weighted by atomic mass is 19.1. The van der Waals surface area contributed by atoms with Gasteiger partial charge in [0, 0.05) is 6.04 Å². The predicted octanol–water partition coefficient (Wildman–Crippen LogP) is 3.51. The van der Waals surface area contributed by atoms with Crippen molar-refractivity contribution in [2.45, 2.75) is 32.2 Å². The van der Waals surface area contributed by atoms with Crippen molar-refractivity contribution in [2.24, 2.45) is 0 Å². The Morgan fingerprint density at radius 1 is 1.10 bits per heavy atom. The molecule has 0 radical (unpaired) electrons. The Kier molecular flexibility index (Phi) is 5.50. The van der Waals surface area contributed by atoms with E-state index in [0.29, 0.717) is 5.56 Å². The summed E-state index contributed by atoms with van der Waals surface area (Å²) in [5, 5.41) is 2.96. The molecule has 2 aromatic rings. The quantitative estimate of drug-likeness (QED) is 0.864. The first-order valence-electron chi connectivity index (χ1n) is 7.21. The number of halogens is 1. The van der Waals surface area contributed by atoms with Gasteiger partial charge in [-0.1, -0.05) is 42.5 Å². The third kappa shape index (κ3) is 5.38. The number of benzene rings is 2. The Morgan fingerprint density at radius 2 is 1.81 bits per heavy atom. The highest BCUT2D eigenvalue weighted by Crippen LogP contribution is 2.07. The Bertz CT molecular complexity index is 583. The van der Waals surface area contributed by atoms with Gasteiger partial charge in [-0.3, -0.25) is 4.79 Å². The molecule has 1 atom stereocenters. The normalized spacial score (nSPS) is 11.9. The molecular weight excluding hydrogens is 265 g/mol. The van der Waals surface area contributed by atoms with Gasteiger partial charge in [-0.2, -0.15) is 0 Å². The monoisotopic (exact) mass is 285 g/mol. The molecule has 0 spiro atoms. The van der Waals surface area contributed by atoms with Crippen LogP contribution in [0.15, 0.2) is 54.6 Å². The zero-order chi connectivity index (χ0) is 15.1. The topological polar surface area (TPSA) is 29.1 Å². The van der Waals surface area contributed by atoms with E-state index in [4.69, 9.17) is 0 Å². The molecule has 0 saturated heterocycles. The smallest absolute Gasteiger partial charge is 0.224 e. The fourth-order valence-electron chi connectivity index (χ4n) is 2.26. The van der Waals surface area contributed by atoms with Crippen molar-refractivity contribution in [1.82, 2.24) is 5.32 Å². The molecule has 0 unspecified atom stereocenters. The van der Waals surface area contributed by atoms with E-state index >= 15 is 0 Å². The van der Waals surface area contributed by atoms with Crippen molar-refractivity contribution in [2.75, 3.05) is 0 Å². The van der Waals surface area contributed by atoms with Gasteiger partial charge in [0.2, 0.25) is 5.91 Å². The molecule has 0 bridgehead atoms.